The molecule has 7 heteroatoms. The minimum atomic E-state index is -3.38. The Balaban J connectivity index is 1.86. The third-order valence-electron chi connectivity index (χ3n) is 4.40. The summed E-state index contributed by atoms with van der Waals surface area (Å²) in [6.07, 6.45) is 1.12. The fraction of sp³-hybridized carbons (Fsp3) is 0.350. The maximum absolute atomic E-state index is 12.7. The fourth-order valence-corrected chi connectivity index (χ4v) is 3.65. The molecule has 2 aromatic rings. The van der Waals surface area contributed by atoms with Crippen LogP contribution in [-0.4, -0.2) is 33.8 Å². The minimum absolute atomic E-state index is 0.120. The average Bonchev–Trinajstić information content (AvgIpc) is 2.64. The lowest BCUT2D eigenvalue weighted by atomic mass is 9.95. The smallest absolute Gasteiger partial charge is 0.251 e. The maximum atomic E-state index is 12.7. The van der Waals surface area contributed by atoms with E-state index in [0.717, 1.165) is 11.8 Å². The van der Waals surface area contributed by atoms with Gasteiger partial charge in [-0.3, -0.25) is 4.79 Å². The van der Waals surface area contributed by atoms with Crippen molar-refractivity contribution in [3.05, 3.63) is 53.6 Å². The summed E-state index contributed by atoms with van der Waals surface area (Å²) in [6.45, 7) is 5.03. The summed E-state index contributed by atoms with van der Waals surface area (Å²) < 4.78 is 34.7. The molecule has 2 aromatic carbocycles. The van der Waals surface area contributed by atoms with Crippen molar-refractivity contribution in [2.75, 3.05) is 19.5 Å². The van der Waals surface area contributed by atoms with Gasteiger partial charge in [-0.05, 0) is 41.8 Å². The van der Waals surface area contributed by atoms with Crippen molar-refractivity contribution in [2.24, 2.45) is 5.92 Å². The number of ether oxygens (including phenoxy) is 2. The van der Waals surface area contributed by atoms with E-state index in [1.165, 1.54) is 12.1 Å². The fourth-order valence-electron chi connectivity index (χ4n) is 2.98. The van der Waals surface area contributed by atoms with Crippen LogP contribution in [0.1, 0.15) is 35.8 Å². The van der Waals surface area contributed by atoms with Gasteiger partial charge in [-0.2, -0.15) is 0 Å². The van der Waals surface area contributed by atoms with Crippen molar-refractivity contribution >= 4 is 15.7 Å². The topological polar surface area (TPSA) is 81.7 Å². The first-order valence-electron chi connectivity index (χ1n) is 8.76. The van der Waals surface area contributed by atoms with Crippen molar-refractivity contribution < 1.29 is 22.7 Å². The summed E-state index contributed by atoms with van der Waals surface area (Å²) in [6, 6.07) is 11.4. The molecule has 1 atom stereocenters. The van der Waals surface area contributed by atoms with Gasteiger partial charge in [-0.25, -0.2) is 8.42 Å². The Labute approximate surface area is 159 Å². The van der Waals surface area contributed by atoms with Gasteiger partial charge in [0, 0.05) is 11.8 Å². The average molecular weight is 389 g/mol. The molecule has 1 aliphatic rings. The summed E-state index contributed by atoms with van der Waals surface area (Å²) in [7, 11) is -3.38. The van der Waals surface area contributed by atoms with E-state index in [2.05, 4.69) is 5.32 Å². The first-order valence-corrected chi connectivity index (χ1v) is 10.7. The molecule has 6 nitrogen and oxygen atoms in total. The van der Waals surface area contributed by atoms with Gasteiger partial charge >= 0.3 is 0 Å². The maximum Gasteiger partial charge on any atom is 0.251 e. The molecule has 0 bridgehead atoms. The largest absolute Gasteiger partial charge is 0.486 e. The van der Waals surface area contributed by atoms with Crippen LogP contribution in [0.15, 0.2) is 47.4 Å². The molecule has 1 aliphatic heterocycles. The molecule has 144 valence electrons. The lowest BCUT2D eigenvalue weighted by molar-refractivity contribution is 0.0925. The summed E-state index contributed by atoms with van der Waals surface area (Å²) in [5.41, 5.74) is 1.21. The number of nitrogens with one attached hydrogen (secondary N) is 1. The molecule has 1 N–H and O–H groups in total. The molecule has 0 unspecified atom stereocenters. The lowest BCUT2D eigenvalue weighted by Gasteiger charge is -2.25. The highest BCUT2D eigenvalue weighted by atomic mass is 32.2. The van der Waals surface area contributed by atoms with Crippen LogP contribution >= 0.6 is 0 Å². The van der Waals surface area contributed by atoms with E-state index < -0.39 is 9.84 Å². The number of carbonyl (C=O) groups excluding carboxylic acids is 1. The van der Waals surface area contributed by atoms with Gasteiger partial charge in [-0.15, -0.1) is 0 Å². The Morgan fingerprint density at radius 3 is 2.41 bits per heavy atom. The molecule has 1 amide bonds. The number of sulfone groups is 1. The predicted octanol–water partition coefficient (Wildman–Crippen LogP) is 2.99. The second-order valence-electron chi connectivity index (χ2n) is 6.90. The number of amides is 1. The summed E-state index contributed by atoms with van der Waals surface area (Å²) >= 11 is 0. The molecule has 3 rings (SSSR count). The number of hydrogen-bond acceptors (Lipinski definition) is 5. The molecule has 0 aromatic heterocycles. The van der Waals surface area contributed by atoms with Crippen LogP contribution in [0.25, 0.3) is 0 Å². The van der Waals surface area contributed by atoms with Crippen LogP contribution in [0.2, 0.25) is 0 Å². The van der Waals surface area contributed by atoms with Gasteiger partial charge in [0.25, 0.3) is 5.91 Å². The van der Waals surface area contributed by atoms with E-state index in [1.54, 1.807) is 12.1 Å². The normalized spacial score (nSPS) is 14.7. The zero-order chi connectivity index (χ0) is 19.6. The van der Waals surface area contributed by atoms with Gasteiger partial charge in [0.2, 0.25) is 0 Å². The van der Waals surface area contributed by atoms with Crippen molar-refractivity contribution in [2.45, 2.75) is 24.8 Å². The highest BCUT2D eigenvalue weighted by Crippen LogP contribution is 2.34. The van der Waals surface area contributed by atoms with Crippen LogP contribution in [0.4, 0.5) is 0 Å². The molecule has 0 aliphatic carbocycles. The molecule has 0 radical (unpaired) electrons. The minimum Gasteiger partial charge on any atom is -0.486 e. The molecule has 0 fully saturated rings. The molecule has 0 saturated carbocycles. The number of rotatable bonds is 5. The highest BCUT2D eigenvalue weighted by molar-refractivity contribution is 7.90. The molecular weight excluding hydrogens is 366 g/mol. The second kappa shape index (κ2) is 7.60. The van der Waals surface area contributed by atoms with E-state index in [-0.39, 0.29) is 22.8 Å². The molecule has 0 saturated heterocycles. The van der Waals surface area contributed by atoms with Crippen molar-refractivity contribution in [1.29, 1.82) is 0 Å². The van der Waals surface area contributed by atoms with E-state index in [1.807, 2.05) is 32.0 Å². The standard InChI is InChI=1S/C20H23NO5S/c1-13(2)19(14-7-8-17-18(12-14)26-10-9-25-17)21-20(22)15-5-4-6-16(11-15)27(3,23)24/h4-8,11-13,19H,9-10H2,1-3H3,(H,21,22)/t19-/m1/s1. The third kappa shape index (κ3) is 4.42. The van der Waals surface area contributed by atoms with Gasteiger partial charge in [-0.1, -0.05) is 26.0 Å². The monoisotopic (exact) mass is 389 g/mol. The Hall–Kier alpha value is -2.54. The Kier molecular flexibility index (Phi) is 5.41. The Bertz CT molecular complexity index is 953. The van der Waals surface area contributed by atoms with Crippen LogP contribution in [-0.2, 0) is 9.84 Å². The summed E-state index contributed by atoms with van der Waals surface area (Å²) in [5.74, 6) is 1.15. The second-order valence-corrected chi connectivity index (χ2v) is 8.91. The third-order valence-corrected chi connectivity index (χ3v) is 5.51. The number of carbonyl (C=O) groups is 1. The Morgan fingerprint density at radius 1 is 1.04 bits per heavy atom. The van der Waals surface area contributed by atoms with E-state index >= 15 is 0 Å². The van der Waals surface area contributed by atoms with Crippen LogP contribution in [0, 0.1) is 5.92 Å². The first kappa shape index (κ1) is 19.2. The zero-order valence-electron chi connectivity index (χ0n) is 15.6. The zero-order valence-corrected chi connectivity index (χ0v) is 16.4. The van der Waals surface area contributed by atoms with Crippen molar-refractivity contribution in [1.82, 2.24) is 5.32 Å². The van der Waals surface area contributed by atoms with Crippen molar-refractivity contribution in [3.8, 4) is 11.5 Å². The first-order chi connectivity index (χ1) is 12.8. The quantitative estimate of drug-likeness (QED) is 0.850. The lowest BCUT2D eigenvalue weighted by Crippen LogP contribution is -2.32. The summed E-state index contributed by atoms with van der Waals surface area (Å²) in [5, 5.41) is 3.00. The highest BCUT2D eigenvalue weighted by Gasteiger charge is 2.22. The van der Waals surface area contributed by atoms with Crippen molar-refractivity contribution in [3.63, 3.8) is 0 Å². The van der Waals surface area contributed by atoms with E-state index in [4.69, 9.17) is 9.47 Å². The molecule has 0 spiro atoms. The summed E-state index contributed by atoms with van der Waals surface area (Å²) in [4.78, 5) is 12.9. The SMILES string of the molecule is CC(C)[C@@H](NC(=O)c1cccc(S(C)(=O)=O)c1)c1ccc2c(c1)OCCO2. The van der Waals surface area contributed by atoms with Crippen LogP contribution in [0.5, 0.6) is 11.5 Å². The predicted molar refractivity (Wildman–Crippen MR) is 102 cm³/mol. The number of fused-ring (bicyclic) bond motifs is 1. The van der Waals surface area contributed by atoms with E-state index in [0.29, 0.717) is 30.3 Å². The van der Waals surface area contributed by atoms with Crippen LogP contribution in [0.3, 0.4) is 0 Å². The Morgan fingerprint density at radius 2 is 1.74 bits per heavy atom. The van der Waals surface area contributed by atoms with Gasteiger partial charge in [0.15, 0.2) is 21.3 Å². The number of benzene rings is 2. The van der Waals surface area contributed by atoms with Crippen LogP contribution < -0.4 is 14.8 Å². The van der Waals surface area contributed by atoms with Gasteiger partial charge in [0.1, 0.15) is 13.2 Å². The van der Waals surface area contributed by atoms with E-state index in [9.17, 15) is 13.2 Å². The number of hydrogen-bond donors (Lipinski definition) is 1. The molecule has 27 heavy (non-hydrogen) atoms. The molecular formula is C20H23NO5S. The van der Waals surface area contributed by atoms with Gasteiger partial charge in [0.05, 0.1) is 10.9 Å². The molecule has 1 heterocycles. The van der Waals surface area contributed by atoms with Gasteiger partial charge < -0.3 is 14.8 Å².